The second-order valence-corrected chi connectivity index (χ2v) is 10.7. The molecule has 8 nitrogen and oxygen atoms in total. The van der Waals surface area contributed by atoms with Crippen LogP contribution in [0.5, 0.6) is 5.75 Å². The van der Waals surface area contributed by atoms with Crippen molar-refractivity contribution in [3.8, 4) is 5.75 Å². The number of hydrogen-bond acceptors (Lipinski definition) is 8. The van der Waals surface area contributed by atoms with Crippen LogP contribution in [0.1, 0.15) is 37.4 Å². The molecular formula is C30H34N4O4S. The van der Waals surface area contributed by atoms with Gasteiger partial charge in [0.2, 0.25) is 5.91 Å². The first kappa shape index (κ1) is 27.0. The maximum Gasteiger partial charge on any atom is 0.338 e. The third kappa shape index (κ3) is 6.04. The highest BCUT2D eigenvalue weighted by atomic mass is 32.2. The summed E-state index contributed by atoms with van der Waals surface area (Å²) >= 11 is 1.48. The maximum absolute atomic E-state index is 13.3. The van der Waals surface area contributed by atoms with Gasteiger partial charge in [0.25, 0.3) is 0 Å². The molecule has 0 N–H and O–H groups in total. The van der Waals surface area contributed by atoms with Crippen LogP contribution in [0.15, 0.2) is 82.0 Å². The van der Waals surface area contributed by atoms with Crippen LogP contribution >= 0.6 is 11.8 Å². The molecule has 3 aliphatic rings. The van der Waals surface area contributed by atoms with E-state index in [1.165, 1.54) is 11.8 Å². The Kier molecular flexibility index (Phi) is 8.38. The lowest BCUT2D eigenvalue weighted by molar-refractivity contribution is -0.139. The molecular weight excluding hydrogens is 512 g/mol. The Balaban J connectivity index is 1.44. The Morgan fingerprint density at radius 3 is 2.56 bits per heavy atom. The normalized spacial score (nSPS) is 19.4. The predicted molar refractivity (Wildman–Crippen MR) is 153 cm³/mol. The average Bonchev–Trinajstić information content (AvgIpc) is 3.34. The third-order valence-electron chi connectivity index (χ3n) is 7.11. The zero-order chi connectivity index (χ0) is 27.4. The van der Waals surface area contributed by atoms with Gasteiger partial charge in [0.15, 0.2) is 5.17 Å². The van der Waals surface area contributed by atoms with Crippen molar-refractivity contribution < 1.29 is 19.1 Å². The monoisotopic (exact) mass is 546 g/mol. The minimum Gasteiger partial charge on any atom is -0.489 e. The second kappa shape index (κ2) is 12.1. The van der Waals surface area contributed by atoms with E-state index in [1.54, 1.807) is 6.92 Å². The summed E-state index contributed by atoms with van der Waals surface area (Å²) < 4.78 is 11.6. The SMILES string of the molecule is CCOC(=O)C1=C(C)N=C2SC=C(CC(=O)N3CCN(C)CC3)N2[C@@H]1c1cccc(OCc2ccccc2)c1. The number of aliphatic imine (C=N–C) groups is 1. The van der Waals surface area contributed by atoms with E-state index in [-0.39, 0.29) is 18.9 Å². The molecule has 0 radical (unpaired) electrons. The van der Waals surface area contributed by atoms with Crippen molar-refractivity contribution in [2.24, 2.45) is 4.99 Å². The largest absolute Gasteiger partial charge is 0.489 e. The van der Waals surface area contributed by atoms with Crippen LogP contribution in [0.2, 0.25) is 0 Å². The molecule has 3 heterocycles. The number of amides is 1. The van der Waals surface area contributed by atoms with E-state index >= 15 is 0 Å². The summed E-state index contributed by atoms with van der Waals surface area (Å²) in [5, 5.41) is 2.74. The van der Waals surface area contributed by atoms with E-state index in [2.05, 4.69) is 11.9 Å². The number of hydrogen-bond donors (Lipinski definition) is 0. The molecule has 5 rings (SSSR count). The fraction of sp³-hybridized carbons (Fsp3) is 0.367. The van der Waals surface area contributed by atoms with Gasteiger partial charge in [-0.25, -0.2) is 9.79 Å². The summed E-state index contributed by atoms with van der Waals surface area (Å²) in [5.41, 5.74) is 3.86. The van der Waals surface area contributed by atoms with Gasteiger partial charge in [0.1, 0.15) is 12.4 Å². The first-order valence-electron chi connectivity index (χ1n) is 13.3. The molecule has 2 aromatic rings. The molecule has 204 valence electrons. The van der Waals surface area contributed by atoms with Gasteiger partial charge < -0.3 is 24.2 Å². The first-order valence-corrected chi connectivity index (χ1v) is 14.2. The molecule has 0 aliphatic carbocycles. The van der Waals surface area contributed by atoms with Gasteiger partial charge in [-0.05, 0) is 49.6 Å². The average molecular weight is 547 g/mol. The molecule has 0 bridgehead atoms. The van der Waals surface area contributed by atoms with E-state index in [4.69, 9.17) is 14.5 Å². The molecule has 0 unspecified atom stereocenters. The summed E-state index contributed by atoms with van der Waals surface area (Å²) in [5.74, 6) is 0.381. The molecule has 9 heteroatoms. The van der Waals surface area contributed by atoms with Gasteiger partial charge in [0, 0.05) is 31.9 Å². The number of likely N-dealkylation sites (N-methyl/N-ethyl adjacent to an activating group) is 1. The lowest BCUT2D eigenvalue weighted by Crippen LogP contribution is -2.47. The Morgan fingerprint density at radius 1 is 1.05 bits per heavy atom. The number of piperazine rings is 1. The highest BCUT2D eigenvalue weighted by Crippen LogP contribution is 2.45. The molecule has 1 saturated heterocycles. The zero-order valence-corrected chi connectivity index (χ0v) is 23.4. The van der Waals surface area contributed by atoms with E-state index in [0.29, 0.717) is 36.7 Å². The Bertz CT molecular complexity index is 1320. The number of rotatable bonds is 8. The predicted octanol–water partition coefficient (Wildman–Crippen LogP) is 4.57. The molecule has 0 saturated carbocycles. The molecule has 1 atom stereocenters. The molecule has 1 fully saturated rings. The second-order valence-electron chi connectivity index (χ2n) is 9.82. The van der Waals surface area contributed by atoms with Crippen molar-refractivity contribution >= 4 is 28.8 Å². The third-order valence-corrected chi connectivity index (χ3v) is 8.00. The number of thioether (sulfide) groups is 1. The number of benzene rings is 2. The minimum absolute atomic E-state index is 0.0823. The molecule has 0 spiro atoms. The fourth-order valence-corrected chi connectivity index (χ4v) is 5.96. The Labute approximate surface area is 234 Å². The number of fused-ring (bicyclic) bond motifs is 1. The Morgan fingerprint density at radius 2 is 1.82 bits per heavy atom. The minimum atomic E-state index is -0.488. The quantitative estimate of drug-likeness (QED) is 0.449. The molecule has 1 amide bonds. The van der Waals surface area contributed by atoms with Crippen LogP contribution < -0.4 is 4.74 Å². The van der Waals surface area contributed by atoms with Crippen LogP contribution in [-0.4, -0.2) is 71.6 Å². The number of ether oxygens (including phenoxy) is 2. The number of nitrogens with zero attached hydrogens (tertiary/aromatic N) is 4. The summed E-state index contributed by atoms with van der Waals surface area (Å²) in [6.45, 7) is 7.50. The van der Waals surface area contributed by atoms with Crippen molar-refractivity contribution in [3.05, 3.63) is 88.1 Å². The van der Waals surface area contributed by atoms with Gasteiger partial charge in [-0.1, -0.05) is 54.2 Å². The van der Waals surface area contributed by atoms with Crippen molar-refractivity contribution in [2.45, 2.75) is 32.9 Å². The van der Waals surface area contributed by atoms with Crippen molar-refractivity contribution in [1.29, 1.82) is 0 Å². The molecule has 2 aromatic carbocycles. The van der Waals surface area contributed by atoms with Crippen LogP contribution in [0.25, 0.3) is 0 Å². The first-order chi connectivity index (χ1) is 18.9. The van der Waals surface area contributed by atoms with E-state index in [1.807, 2.05) is 76.7 Å². The topological polar surface area (TPSA) is 74.7 Å². The van der Waals surface area contributed by atoms with Crippen LogP contribution in [0, 0.1) is 0 Å². The van der Waals surface area contributed by atoms with Gasteiger partial charge in [-0.3, -0.25) is 4.79 Å². The van der Waals surface area contributed by atoms with E-state index in [0.717, 1.165) is 35.1 Å². The summed E-state index contributed by atoms with van der Waals surface area (Å²) in [6, 6.07) is 17.3. The van der Waals surface area contributed by atoms with Gasteiger partial charge in [-0.15, -0.1) is 0 Å². The van der Waals surface area contributed by atoms with Crippen LogP contribution in [0.4, 0.5) is 0 Å². The molecule has 3 aliphatic heterocycles. The van der Waals surface area contributed by atoms with Crippen molar-refractivity contribution in [3.63, 3.8) is 0 Å². The summed E-state index contributed by atoms with van der Waals surface area (Å²) in [7, 11) is 2.07. The number of esters is 1. The van der Waals surface area contributed by atoms with Crippen molar-refractivity contribution in [2.75, 3.05) is 39.8 Å². The maximum atomic E-state index is 13.3. The number of allylic oxidation sites excluding steroid dienone is 1. The highest BCUT2D eigenvalue weighted by Gasteiger charge is 2.41. The lowest BCUT2D eigenvalue weighted by atomic mass is 9.93. The number of amidine groups is 1. The fourth-order valence-electron chi connectivity index (χ4n) is 4.99. The summed E-state index contributed by atoms with van der Waals surface area (Å²) in [4.78, 5) is 37.5. The smallest absolute Gasteiger partial charge is 0.338 e. The standard InChI is InChI=1S/C30H34N4O4S/c1-4-37-29(36)27-21(2)31-30-34(24(20-39-30)18-26(35)33-15-13-32(3)14-16-33)28(27)23-11-8-12-25(17-23)38-19-22-9-6-5-7-10-22/h5-12,17,20,28H,4,13-16,18-19H2,1-3H3/t28-/m1/s1. The van der Waals surface area contributed by atoms with Crippen LogP contribution in [0.3, 0.4) is 0 Å². The number of carbonyl (C=O) groups excluding carboxylic acids is 2. The van der Waals surface area contributed by atoms with Gasteiger partial charge in [-0.2, -0.15) is 0 Å². The molecule has 0 aromatic heterocycles. The van der Waals surface area contributed by atoms with Gasteiger partial charge in [0.05, 0.1) is 30.3 Å². The lowest BCUT2D eigenvalue weighted by Gasteiger charge is -2.37. The number of carbonyl (C=O) groups is 2. The zero-order valence-electron chi connectivity index (χ0n) is 22.6. The van der Waals surface area contributed by atoms with Gasteiger partial charge >= 0.3 is 5.97 Å². The molecule has 39 heavy (non-hydrogen) atoms. The van der Waals surface area contributed by atoms with Crippen molar-refractivity contribution in [1.82, 2.24) is 14.7 Å². The van der Waals surface area contributed by atoms with E-state index in [9.17, 15) is 9.59 Å². The highest BCUT2D eigenvalue weighted by molar-refractivity contribution is 8.16. The Hall–Kier alpha value is -3.56. The summed E-state index contributed by atoms with van der Waals surface area (Å²) in [6.07, 6.45) is 0.242. The van der Waals surface area contributed by atoms with Crippen LogP contribution in [-0.2, 0) is 20.9 Å². The van der Waals surface area contributed by atoms with E-state index < -0.39 is 12.0 Å².